The number of aliphatic hydroxyl groups excluding tert-OH is 1. The number of likely N-dealkylation sites (tertiary alicyclic amines) is 1. The van der Waals surface area contributed by atoms with Crippen LogP contribution in [0.3, 0.4) is 0 Å². The van der Waals surface area contributed by atoms with Crippen LogP contribution in [0.2, 0.25) is 0 Å². The van der Waals surface area contributed by atoms with Crippen LogP contribution in [0.1, 0.15) is 23.6 Å². The number of hydrogen-bond acceptors (Lipinski definition) is 5. The molecule has 0 saturated carbocycles. The Bertz CT molecular complexity index is 1140. The van der Waals surface area contributed by atoms with Gasteiger partial charge in [0.15, 0.2) is 0 Å². The van der Waals surface area contributed by atoms with E-state index in [4.69, 9.17) is 4.74 Å². The number of ketones is 1. The molecule has 1 aliphatic heterocycles. The van der Waals surface area contributed by atoms with Gasteiger partial charge in [-0.3, -0.25) is 9.59 Å². The summed E-state index contributed by atoms with van der Waals surface area (Å²) >= 11 is 3.37. The van der Waals surface area contributed by atoms with Crippen molar-refractivity contribution in [3.63, 3.8) is 0 Å². The van der Waals surface area contributed by atoms with Crippen molar-refractivity contribution in [2.45, 2.75) is 19.0 Å². The summed E-state index contributed by atoms with van der Waals surface area (Å²) in [5.41, 5.74) is 1.29. The first kappa shape index (κ1) is 21.8. The predicted octanol–water partition coefficient (Wildman–Crippen LogP) is 4.17. The molecule has 1 aromatic heterocycles. The van der Waals surface area contributed by atoms with Crippen molar-refractivity contribution in [2.75, 3.05) is 13.7 Å². The molecule has 0 aliphatic carbocycles. The maximum atomic E-state index is 13.0. The zero-order chi connectivity index (χ0) is 22.7. The fourth-order valence-electron chi connectivity index (χ4n) is 3.85. The lowest BCUT2D eigenvalue weighted by Gasteiger charge is -2.25. The highest BCUT2D eigenvalue weighted by molar-refractivity contribution is 9.10. The lowest BCUT2D eigenvalue weighted by atomic mass is 9.95. The van der Waals surface area contributed by atoms with E-state index in [9.17, 15) is 14.7 Å². The van der Waals surface area contributed by atoms with Crippen LogP contribution in [0, 0.1) is 0 Å². The number of halogens is 1. The Kier molecular flexibility index (Phi) is 6.41. The zero-order valence-corrected chi connectivity index (χ0v) is 19.0. The molecule has 1 fully saturated rings. The van der Waals surface area contributed by atoms with Gasteiger partial charge in [-0.25, -0.2) is 4.98 Å². The highest BCUT2D eigenvalue weighted by Gasteiger charge is 2.45. The molecule has 1 amide bonds. The molecule has 1 atom stereocenters. The molecule has 2 aromatic carbocycles. The monoisotopic (exact) mass is 495 g/mol. The highest BCUT2D eigenvalue weighted by atomic mass is 79.9. The second kappa shape index (κ2) is 9.40. The van der Waals surface area contributed by atoms with Crippen molar-refractivity contribution < 1.29 is 19.4 Å². The summed E-state index contributed by atoms with van der Waals surface area (Å²) in [7, 11) is 1.57. The van der Waals surface area contributed by atoms with E-state index in [-0.39, 0.29) is 11.3 Å². The summed E-state index contributed by atoms with van der Waals surface area (Å²) < 4.78 is 8.01. The number of benzene rings is 2. The van der Waals surface area contributed by atoms with Gasteiger partial charge in [-0.2, -0.15) is 0 Å². The first-order valence-electron chi connectivity index (χ1n) is 10.1. The van der Waals surface area contributed by atoms with Crippen LogP contribution in [0.25, 0.3) is 5.76 Å². The van der Waals surface area contributed by atoms with Crippen molar-refractivity contribution in [2.24, 2.45) is 0 Å². The molecule has 4 rings (SSSR count). The number of rotatable bonds is 7. The van der Waals surface area contributed by atoms with Crippen LogP contribution in [0.4, 0.5) is 0 Å². The second-order valence-corrected chi connectivity index (χ2v) is 8.34. The van der Waals surface area contributed by atoms with Crippen LogP contribution in [-0.4, -0.2) is 44.9 Å². The number of aromatic nitrogens is 2. The molecule has 8 heteroatoms. The van der Waals surface area contributed by atoms with E-state index < -0.39 is 17.7 Å². The van der Waals surface area contributed by atoms with Gasteiger partial charge in [0.25, 0.3) is 11.7 Å². The van der Waals surface area contributed by atoms with Crippen molar-refractivity contribution in [1.29, 1.82) is 0 Å². The SMILES string of the molecule is COc1ccc([C@@H]2C(=C(O)c3ccc(Br)cc3)C(=O)C(=O)N2CCCn2ccnc2)cc1. The van der Waals surface area contributed by atoms with Crippen molar-refractivity contribution >= 4 is 33.4 Å². The summed E-state index contributed by atoms with van der Waals surface area (Å²) in [5, 5.41) is 11.1. The van der Waals surface area contributed by atoms with E-state index >= 15 is 0 Å². The maximum Gasteiger partial charge on any atom is 0.295 e. The molecular weight excluding hydrogens is 474 g/mol. The molecule has 7 nitrogen and oxygen atoms in total. The Morgan fingerprint density at radius 2 is 1.81 bits per heavy atom. The summed E-state index contributed by atoms with van der Waals surface area (Å²) in [5.74, 6) is -0.823. The Morgan fingerprint density at radius 1 is 1.09 bits per heavy atom. The number of hydrogen-bond donors (Lipinski definition) is 1. The Hall–Kier alpha value is -3.39. The van der Waals surface area contributed by atoms with Gasteiger partial charge >= 0.3 is 0 Å². The molecule has 32 heavy (non-hydrogen) atoms. The number of nitrogens with zero attached hydrogens (tertiary/aromatic N) is 3. The molecule has 0 bridgehead atoms. The number of amides is 1. The second-order valence-electron chi connectivity index (χ2n) is 7.43. The minimum absolute atomic E-state index is 0.0881. The largest absolute Gasteiger partial charge is 0.507 e. The van der Waals surface area contributed by atoms with Gasteiger partial charge in [-0.1, -0.05) is 40.2 Å². The van der Waals surface area contributed by atoms with Crippen LogP contribution in [0.5, 0.6) is 5.75 Å². The average Bonchev–Trinajstić information content (AvgIpc) is 3.41. The smallest absolute Gasteiger partial charge is 0.295 e. The Balaban J connectivity index is 1.72. The standard InChI is InChI=1S/C24H22BrN3O4/c1-32-19-9-5-16(6-10-19)21-20(22(29)17-3-7-18(25)8-4-17)23(30)24(31)28(21)13-2-12-27-14-11-26-15-27/h3-11,14-15,21,29H,2,12-13H2,1H3/t21-/m1/s1. The van der Waals surface area contributed by atoms with Crippen molar-refractivity contribution in [3.8, 4) is 5.75 Å². The van der Waals surface area contributed by atoms with E-state index in [1.807, 2.05) is 22.9 Å². The molecule has 0 radical (unpaired) electrons. The minimum Gasteiger partial charge on any atom is -0.507 e. The molecule has 1 aliphatic rings. The van der Waals surface area contributed by atoms with Gasteiger partial charge in [0, 0.05) is 35.5 Å². The molecular formula is C24H22BrN3O4. The van der Waals surface area contributed by atoms with Gasteiger partial charge in [-0.05, 0) is 36.2 Å². The first-order chi connectivity index (χ1) is 15.5. The molecule has 1 saturated heterocycles. The van der Waals surface area contributed by atoms with Crippen molar-refractivity contribution in [3.05, 3.63) is 88.4 Å². The summed E-state index contributed by atoms with van der Waals surface area (Å²) in [6.45, 7) is 1.02. The lowest BCUT2D eigenvalue weighted by Crippen LogP contribution is -2.31. The van der Waals surface area contributed by atoms with E-state index in [1.165, 1.54) is 4.90 Å². The first-order valence-corrected chi connectivity index (χ1v) is 10.9. The Labute approximate surface area is 194 Å². The van der Waals surface area contributed by atoms with Crippen LogP contribution in [-0.2, 0) is 16.1 Å². The highest BCUT2D eigenvalue weighted by Crippen LogP contribution is 2.40. The van der Waals surface area contributed by atoms with Crippen LogP contribution < -0.4 is 4.74 Å². The third-order valence-corrected chi connectivity index (χ3v) is 5.99. The van der Waals surface area contributed by atoms with Gasteiger partial charge in [0.05, 0.1) is 25.1 Å². The normalized spacial score (nSPS) is 17.7. The predicted molar refractivity (Wildman–Crippen MR) is 123 cm³/mol. The summed E-state index contributed by atoms with van der Waals surface area (Å²) in [6, 6.07) is 13.5. The quantitative estimate of drug-likeness (QED) is 0.302. The lowest BCUT2D eigenvalue weighted by molar-refractivity contribution is -0.139. The van der Waals surface area contributed by atoms with Gasteiger partial charge in [0.2, 0.25) is 0 Å². The van der Waals surface area contributed by atoms with E-state index in [0.717, 1.165) is 10.0 Å². The van der Waals surface area contributed by atoms with Gasteiger partial charge < -0.3 is 19.3 Å². The summed E-state index contributed by atoms with van der Waals surface area (Å²) in [6.07, 6.45) is 5.89. The fraction of sp³-hybridized carbons (Fsp3) is 0.208. The topological polar surface area (TPSA) is 84.7 Å². The maximum absolute atomic E-state index is 13.0. The number of aliphatic hydroxyl groups is 1. The molecule has 3 aromatic rings. The molecule has 0 unspecified atom stereocenters. The number of aryl methyl sites for hydroxylation is 1. The summed E-state index contributed by atoms with van der Waals surface area (Å²) in [4.78, 5) is 31.6. The number of carbonyl (C=O) groups is 2. The third kappa shape index (κ3) is 4.31. The number of ether oxygens (including phenoxy) is 1. The van der Waals surface area contributed by atoms with E-state index in [1.54, 1.807) is 56.0 Å². The van der Waals surface area contributed by atoms with E-state index in [0.29, 0.717) is 30.8 Å². The number of imidazole rings is 1. The van der Waals surface area contributed by atoms with Crippen molar-refractivity contribution in [1.82, 2.24) is 14.5 Å². The third-order valence-electron chi connectivity index (χ3n) is 5.46. The molecule has 2 heterocycles. The van der Waals surface area contributed by atoms with E-state index in [2.05, 4.69) is 20.9 Å². The number of Topliss-reactive ketones (excluding diaryl/α,β-unsaturated/α-hetero) is 1. The number of carbonyl (C=O) groups excluding carboxylic acids is 2. The molecule has 1 N–H and O–H groups in total. The molecule has 164 valence electrons. The zero-order valence-electron chi connectivity index (χ0n) is 17.4. The average molecular weight is 496 g/mol. The van der Waals surface area contributed by atoms with Crippen LogP contribution >= 0.6 is 15.9 Å². The van der Waals surface area contributed by atoms with Gasteiger partial charge in [-0.15, -0.1) is 0 Å². The number of methoxy groups -OCH3 is 1. The van der Waals surface area contributed by atoms with Crippen LogP contribution in [0.15, 0.2) is 77.3 Å². The minimum atomic E-state index is -0.688. The fourth-order valence-corrected chi connectivity index (χ4v) is 4.11. The Morgan fingerprint density at radius 3 is 2.44 bits per heavy atom. The molecule has 0 spiro atoms. The van der Waals surface area contributed by atoms with Gasteiger partial charge in [0.1, 0.15) is 11.5 Å².